The minimum atomic E-state index is -3.59. The predicted octanol–water partition coefficient (Wildman–Crippen LogP) is 4.88. The largest absolute Gasteiger partial charge is 0.493 e. The van der Waals surface area contributed by atoms with Gasteiger partial charge in [-0.25, -0.2) is 8.42 Å². The number of fused-ring (bicyclic) bond motifs is 1. The third-order valence-corrected chi connectivity index (χ3v) is 12.9. The third kappa shape index (κ3) is 8.69. The highest BCUT2D eigenvalue weighted by molar-refractivity contribution is 7.90. The van der Waals surface area contributed by atoms with Crippen LogP contribution in [-0.4, -0.2) is 111 Å². The molecule has 4 heterocycles. The molecule has 4 aliphatic rings. The van der Waals surface area contributed by atoms with E-state index in [0.717, 1.165) is 87.1 Å². The van der Waals surface area contributed by atoms with Gasteiger partial charge in [-0.2, -0.15) is 0 Å². The quantitative estimate of drug-likeness (QED) is 0.239. The molecule has 3 aromatic carbocycles. The molecule has 3 fully saturated rings. The zero-order valence-corrected chi connectivity index (χ0v) is 33.3. The SMILES string of the molecule is CCOc1cc([C@@H](CS(C)(=O)=O)N2C(=O)c3ccc(CCN4CCC(N5CCC(c6ccc(C7CCC(=O)NC7=O)cc6)CC5)CC4)cc3C2=O)ccc1OC. The molecule has 4 amide bonds. The van der Waals surface area contributed by atoms with Crippen LogP contribution in [0.25, 0.3) is 0 Å². The number of carbonyl (C=O) groups excluding carboxylic acids is 4. The second-order valence-corrected chi connectivity index (χ2v) is 17.8. The number of amides is 4. The van der Waals surface area contributed by atoms with Crippen LogP contribution in [0.1, 0.15) is 106 Å². The number of hydrogen-bond donors (Lipinski definition) is 1. The summed E-state index contributed by atoms with van der Waals surface area (Å²) in [5, 5.41) is 2.46. The van der Waals surface area contributed by atoms with E-state index in [1.54, 1.807) is 30.3 Å². The Labute approximate surface area is 329 Å². The normalized spacial score (nSPS) is 20.9. The molecule has 0 spiro atoms. The monoisotopic (exact) mass is 784 g/mol. The number of sulfone groups is 1. The van der Waals surface area contributed by atoms with Gasteiger partial charge >= 0.3 is 0 Å². The van der Waals surface area contributed by atoms with Crippen LogP contribution in [0.2, 0.25) is 0 Å². The molecule has 1 unspecified atom stereocenters. The van der Waals surface area contributed by atoms with E-state index in [2.05, 4.69) is 39.4 Å². The van der Waals surface area contributed by atoms with Gasteiger partial charge in [-0.15, -0.1) is 0 Å². The zero-order chi connectivity index (χ0) is 39.6. The van der Waals surface area contributed by atoms with E-state index < -0.39 is 33.4 Å². The number of piperidine rings is 3. The fourth-order valence-corrected chi connectivity index (χ4v) is 9.84. The first-order chi connectivity index (χ1) is 26.9. The van der Waals surface area contributed by atoms with Crippen LogP contribution in [0.3, 0.4) is 0 Å². The number of nitrogens with one attached hydrogen (secondary N) is 1. The molecule has 2 atom stereocenters. The number of methoxy groups -OCH3 is 1. The number of likely N-dealkylation sites (tertiary alicyclic amines) is 2. The fourth-order valence-electron chi connectivity index (χ4n) is 8.93. The summed E-state index contributed by atoms with van der Waals surface area (Å²) in [7, 11) is -2.08. The first-order valence-electron chi connectivity index (χ1n) is 19.8. The first kappa shape index (κ1) is 39.6. The maximum absolute atomic E-state index is 13.9. The molecule has 56 heavy (non-hydrogen) atoms. The summed E-state index contributed by atoms with van der Waals surface area (Å²) < 4.78 is 36.3. The number of hydrogen-bond acceptors (Lipinski definition) is 10. The predicted molar refractivity (Wildman–Crippen MR) is 212 cm³/mol. The van der Waals surface area contributed by atoms with Gasteiger partial charge in [-0.1, -0.05) is 36.4 Å². The van der Waals surface area contributed by atoms with Crippen LogP contribution in [-0.2, 0) is 25.8 Å². The summed E-state index contributed by atoms with van der Waals surface area (Å²) in [5.41, 5.74) is 4.32. The van der Waals surface area contributed by atoms with Crippen molar-refractivity contribution in [3.8, 4) is 11.5 Å². The lowest BCUT2D eigenvalue weighted by Gasteiger charge is -2.42. The van der Waals surface area contributed by atoms with Crippen LogP contribution in [0.5, 0.6) is 11.5 Å². The van der Waals surface area contributed by atoms with Gasteiger partial charge in [0.05, 0.1) is 42.6 Å². The van der Waals surface area contributed by atoms with E-state index in [1.165, 1.54) is 12.7 Å². The summed E-state index contributed by atoms with van der Waals surface area (Å²) in [6.07, 6.45) is 7.22. The van der Waals surface area contributed by atoms with Crippen molar-refractivity contribution in [1.82, 2.24) is 20.0 Å². The van der Waals surface area contributed by atoms with Gasteiger partial charge in [0, 0.05) is 25.3 Å². The molecule has 12 nitrogen and oxygen atoms in total. The van der Waals surface area contributed by atoms with Crippen molar-refractivity contribution in [3.63, 3.8) is 0 Å². The Balaban J connectivity index is 0.913. The maximum atomic E-state index is 13.9. The summed E-state index contributed by atoms with van der Waals surface area (Å²) in [4.78, 5) is 57.7. The van der Waals surface area contributed by atoms with E-state index >= 15 is 0 Å². The van der Waals surface area contributed by atoms with E-state index in [9.17, 15) is 27.6 Å². The topological polar surface area (TPSA) is 143 Å². The molecule has 13 heteroatoms. The highest BCUT2D eigenvalue weighted by Crippen LogP contribution is 2.38. The van der Waals surface area contributed by atoms with Crippen molar-refractivity contribution < 1.29 is 37.1 Å². The number of benzene rings is 3. The Morgan fingerprint density at radius 3 is 2.16 bits per heavy atom. The smallest absolute Gasteiger partial charge is 0.262 e. The average molecular weight is 785 g/mol. The third-order valence-electron chi connectivity index (χ3n) is 12.0. The van der Waals surface area contributed by atoms with E-state index in [-0.39, 0.29) is 23.3 Å². The van der Waals surface area contributed by atoms with Crippen LogP contribution in [0.4, 0.5) is 0 Å². The lowest BCUT2D eigenvalue weighted by Crippen LogP contribution is -2.47. The van der Waals surface area contributed by atoms with Gasteiger partial charge in [-0.05, 0) is 124 Å². The number of nitrogens with zero attached hydrogens (tertiary/aromatic N) is 3. The maximum Gasteiger partial charge on any atom is 0.262 e. The van der Waals surface area contributed by atoms with Crippen molar-refractivity contribution >= 4 is 33.5 Å². The van der Waals surface area contributed by atoms with Gasteiger partial charge in [0.2, 0.25) is 11.8 Å². The van der Waals surface area contributed by atoms with Gasteiger partial charge in [-0.3, -0.25) is 29.4 Å². The number of rotatable bonds is 13. The molecule has 0 bridgehead atoms. The van der Waals surface area contributed by atoms with Crippen LogP contribution >= 0.6 is 0 Å². The summed E-state index contributed by atoms with van der Waals surface area (Å²) >= 11 is 0. The van der Waals surface area contributed by atoms with Crippen LogP contribution in [0.15, 0.2) is 60.7 Å². The fraction of sp³-hybridized carbons (Fsp3) is 0.488. The van der Waals surface area contributed by atoms with Crippen molar-refractivity contribution in [2.75, 3.05) is 58.4 Å². The molecule has 3 saturated heterocycles. The molecular weight excluding hydrogens is 733 g/mol. The molecule has 0 aliphatic carbocycles. The Morgan fingerprint density at radius 2 is 1.50 bits per heavy atom. The molecule has 3 aromatic rings. The Kier molecular flexibility index (Phi) is 11.9. The molecule has 298 valence electrons. The van der Waals surface area contributed by atoms with E-state index in [0.29, 0.717) is 54.0 Å². The van der Waals surface area contributed by atoms with Gasteiger partial charge in [0.1, 0.15) is 9.84 Å². The summed E-state index contributed by atoms with van der Waals surface area (Å²) in [6.45, 7) is 7.17. The summed E-state index contributed by atoms with van der Waals surface area (Å²) in [6, 6.07) is 18.4. The second kappa shape index (κ2) is 16.9. The molecular formula is C43H52N4O8S. The number of ether oxygens (including phenoxy) is 2. The number of carbonyl (C=O) groups is 4. The average Bonchev–Trinajstić information content (AvgIpc) is 3.44. The molecule has 1 N–H and O–H groups in total. The van der Waals surface area contributed by atoms with Crippen molar-refractivity contribution in [2.45, 2.75) is 75.8 Å². The van der Waals surface area contributed by atoms with Gasteiger partial charge in [0.15, 0.2) is 11.5 Å². The zero-order valence-electron chi connectivity index (χ0n) is 32.5. The molecule has 0 saturated carbocycles. The minimum Gasteiger partial charge on any atom is -0.493 e. The van der Waals surface area contributed by atoms with Crippen LogP contribution in [0, 0.1) is 0 Å². The molecule has 0 aromatic heterocycles. The molecule has 4 aliphatic heterocycles. The standard InChI is InChI=1S/C43H52N4O8S/c1-4-55-39-26-32(10-13-38(39)54-2)37(27-56(3,52)53)47-42(50)35-11-5-28(25-36(35)43(47)51)15-20-45-21-18-33(19-22-45)46-23-16-30(17-24-46)29-6-8-31(9-7-29)34-12-14-40(48)44-41(34)49/h5-11,13,25-26,30,33-34,37H,4,12,14-24,27H2,1-3H3,(H,44,48,49)/t34?,37-/m1/s1. The van der Waals surface area contributed by atoms with Gasteiger partial charge < -0.3 is 19.3 Å². The van der Waals surface area contributed by atoms with Crippen molar-refractivity contribution in [3.05, 3.63) is 94.0 Å². The number of imide groups is 2. The Morgan fingerprint density at radius 1 is 0.804 bits per heavy atom. The first-order valence-corrected chi connectivity index (χ1v) is 21.9. The second-order valence-electron chi connectivity index (χ2n) is 15.6. The highest BCUT2D eigenvalue weighted by Gasteiger charge is 2.42. The van der Waals surface area contributed by atoms with Crippen molar-refractivity contribution in [2.24, 2.45) is 0 Å². The summed E-state index contributed by atoms with van der Waals surface area (Å²) in [5.74, 6) is -0.671. The highest BCUT2D eigenvalue weighted by atomic mass is 32.2. The van der Waals surface area contributed by atoms with Crippen molar-refractivity contribution in [1.29, 1.82) is 0 Å². The van der Waals surface area contributed by atoms with E-state index in [4.69, 9.17) is 9.47 Å². The Hall–Kier alpha value is -4.59. The Bertz CT molecular complexity index is 2070. The lowest BCUT2D eigenvalue weighted by atomic mass is 9.85. The minimum absolute atomic E-state index is 0.189. The lowest BCUT2D eigenvalue weighted by molar-refractivity contribution is -0.134. The van der Waals surface area contributed by atoms with Gasteiger partial charge in [0.25, 0.3) is 11.8 Å². The molecule has 0 radical (unpaired) electrons. The molecule has 7 rings (SSSR count). The van der Waals surface area contributed by atoms with Crippen LogP contribution < -0.4 is 14.8 Å². The van der Waals surface area contributed by atoms with E-state index in [1.807, 2.05) is 13.0 Å².